The second-order valence-electron chi connectivity index (χ2n) is 4.78. The molecule has 0 aliphatic carbocycles. The maximum absolute atomic E-state index is 12.4. The summed E-state index contributed by atoms with van der Waals surface area (Å²) < 4.78 is 6.08. The Kier molecular flexibility index (Phi) is 5.19. The van der Waals surface area contributed by atoms with E-state index in [4.69, 9.17) is 4.74 Å². The van der Waals surface area contributed by atoms with Crippen molar-refractivity contribution >= 4 is 33.6 Å². The van der Waals surface area contributed by atoms with E-state index in [0.29, 0.717) is 12.2 Å². The highest BCUT2D eigenvalue weighted by Gasteiger charge is 2.39. The molecule has 21 heavy (non-hydrogen) atoms. The normalized spacial score (nSPS) is 21.0. The largest absolute Gasteiger partial charge is 0.481 e. The average Bonchev–Trinajstić information content (AvgIpc) is 2.89. The van der Waals surface area contributed by atoms with Crippen LogP contribution in [-0.4, -0.2) is 47.8 Å². The average molecular weight is 357 g/mol. The van der Waals surface area contributed by atoms with Gasteiger partial charge in [-0.1, -0.05) is 22.0 Å². The Morgan fingerprint density at radius 3 is 2.86 bits per heavy atom. The van der Waals surface area contributed by atoms with Crippen molar-refractivity contribution in [2.75, 3.05) is 25.1 Å². The first-order chi connectivity index (χ1) is 10.0. The summed E-state index contributed by atoms with van der Waals surface area (Å²) in [6.07, 6.45) is 0. The molecule has 1 heterocycles. The van der Waals surface area contributed by atoms with Crippen molar-refractivity contribution in [2.24, 2.45) is 5.92 Å². The number of nitrogens with one attached hydrogen (secondary N) is 1. The first-order valence-corrected chi connectivity index (χ1v) is 7.46. The summed E-state index contributed by atoms with van der Waals surface area (Å²) in [7, 11) is 0. The minimum absolute atomic E-state index is 0.140. The van der Waals surface area contributed by atoms with Crippen LogP contribution in [0.1, 0.15) is 6.92 Å². The van der Waals surface area contributed by atoms with Gasteiger partial charge in [-0.3, -0.25) is 4.79 Å². The molecule has 2 rings (SSSR count). The van der Waals surface area contributed by atoms with Crippen molar-refractivity contribution in [3.8, 4) is 0 Å². The number of rotatable bonds is 4. The predicted molar refractivity (Wildman–Crippen MR) is 81.3 cm³/mol. The van der Waals surface area contributed by atoms with Gasteiger partial charge in [0.15, 0.2) is 0 Å². The quantitative estimate of drug-likeness (QED) is 0.868. The molecule has 1 aliphatic heterocycles. The van der Waals surface area contributed by atoms with Gasteiger partial charge in [0.25, 0.3) is 0 Å². The molecule has 1 aromatic carbocycles. The molecule has 2 amide bonds. The molecular formula is C14H17BrN2O4. The number of carboxylic acids is 1. The molecule has 0 saturated carbocycles. The summed E-state index contributed by atoms with van der Waals surface area (Å²) in [5.41, 5.74) is 0.651. The lowest BCUT2D eigenvalue weighted by Gasteiger charge is -2.29. The lowest BCUT2D eigenvalue weighted by molar-refractivity contribution is -0.142. The predicted octanol–water partition coefficient (Wildman–Crippen LogP) is 2.40. The van der Waals surface area contributed by atoms with Crippen molar-refractivity contribution in [1.82, 2.24) is 4.90 Å². The van der Waals surface area contributed by atoms with Crippen LogP contribution < -0.4 is 5.32 Å². The number of hydrogen-bond donors (Lipinski definition) is 2. The maximum Gasteiger partial charge on any atom is 0.322 e. The zero-order chi connectivity index (χ0) is 15.4. The molecule has 1 saturated heterocycles. The highest BCUT2D eigenvalue weighted by atomic mass is 79.9. The minimum atomic E-state index is -0.939. The standard InChI is InChI=1S/C14H17BrN2O4/c1-2-17(12-8-21-7-11(12)13(18)19)14(20)16-10-5-3-4-9(15)6-10/h3-6,11-12H,2,7-8H2,1H3,(H,16,20)(H,18,19). The third-order valence-corrected chi connectivity index (χ3v) is 3.94. The number of likely N-dealkylation sites (N-methyl/N-ethyl adjacent to an activating group) is 1. The van der Waals surface area contributed by atoms with Crippen molar-refractivity contribution in [1.29, 1.82) is 0 Å². The number of benzene rings is 1. The van der Waals surface area contributed by atoms with Crippen molar-refractivity contribution in [2.45, 2.75) is 13.0 Å². The van der Waals surface area contributed by atoms with Crippen LogP contribution in [0.4, 0.5) is 10.5 Å². The van der Waals surface area contributed by atoms with E-state index in [1.54, 1.807) is 12.1 Å². The van der Waals surface area contributed by atoms with Crippen LogP contribution in [0.2, 0.25) is 0 Å². The number of carbonyl (C=O) groups is 2. The van der Waals surface area contributed by atoms with Gasteiger partial charge in [-0.25, -0.2) is 4.79 Å². The maximum atomic E-state index is 12.4. The van der Waals surface area contributed by atoms with Gasteiger partial charge >= 0.3 is 12.0 Å². The Balaban J connectivity index is 2.10. The van der Waals surface area contributed by atoms with Crippen molar-refractivity contribution in [3.05, 3.63) is 28.7 Å². The highest BCUT2D eigenvalue weighted by molar-refractivity contribution is 9.10. The topological polar surface area (TPSA) is 78.9 Å². The van der Waals surface area contributed by atoms with Crippen molar-refractivity contribution in [3.63, 3.8) is 0 Å². The van der Waals surface area contributed by atoms with E-state index in [-0.39, 0.29) is 19.2 Å². The number of ether oxygens (including phenoxy) is 1. The molecule has 6 nitrogen and oxygen atoms in total. The molecule has 1 aromatic rings. The number of anilines is 1. The fourth-order valence-corrected chi connectivity index (χ4v) is 2.78. The zero-order valence-corrected chi connectivity index (χ0v) is 13.2. The monoisotopic (exact) mass is 356 g/mol. The third-order valence-electron chi connectivity index (χ3n) is 3.45. The van der Waals surface area contributed by atoms with Gasteiger partial charge in [-0.15, -0.1) is 0 Å². The van der Waals surface area contributed by atoms with E-state index in [1.807, 2.05) is 19.1 Å². The highest BCUT2D eigenvalue weighted by Crippen LogP contribution is 2.22. The number of carboxylic acid groups (broad SMARTS) is 1. The molecule has 2 unspecified atom stereocenters. The lowest BCUT2D eigenvalue weighted by atomic mass is 10.0. The molecule has 1 aliphatic rings. The minimum Gasteiger partial charge on any atom is -0.481 e. The molecule has 0 radical (unpaired) electrons. The van der Waals surface area contributed by atoms with Gasteiger partial charge in [0, 0.05) is 16.7 Å². The number of halogens is 1. The second-order valence-corrected chi connectivity index (χ2v) is 5.69. The smallest absolute Gasteiger partial charge is 0.322 e. The molecule has 0 aromatic heterocycles. The van der Waals surface area contributed by atoms with E-state index in [2.05, 4.69) is 21.2 Å². The third kappa shape index (κ3) is 3.74. The number of urea groups is 1. The molecule has 2 N–H and O–H groups in total. The molecule has 1 fully saturated rings. The summed E-state index contributed by atoms with van der Waals surface area (Å²) in [4.78, 5) is 25.1. The van der Waals surface area contributed by atoms with Crippen LogP contribution in [0, 0.1) is 5.92 Å². The molecule has 0 spiro atoms. The van der Waals surface area contributed by atoms with Gasteiger partial charge in [-0.05, 0) is 25.1 Å². The number of aliphatic carboxylic acids is 1. The Morgan fingerprint density at radius 1 is 1.48 bits per heavy atom. The number of hydrogen-bond acceptors (Lipinski definition) is 3. The van der Waals surface area contributed by atoms with Crippen LogP contribution in [0.25, 0.3) is 0 Å². The number of carbonyl (C=O) groups excluding carboxylic acids is 1. The number of amides is 2. The van der Waals surface area contributed by atoms with E-state index < -0.39 is 17.9 Å². The van der Waals surface area contributed by atoms with Crippen LogP contribution in [0.5, 0.6) is 0 Å². The van der Waals surface area contributed by atoms with Gasteiger partial charge in [0.1, 0.15) is 5.92 Å². The van der Waals surface area contributed by atoms with E-state index in [0.717, 1.165) is 4.47 Å². The first-order valence-electron chi connectivity index (χ1n) is 6.66. The Bertz CT molecular complexity index is 537. The lowest BCUT2D eigenvalue weighted by Crippen LogP contribution is -2.48. The van der Waals surface area contributed by atoms with Gasteiger partial charge < -0.3 is 20.1 Å². The second kappa shape index (κ2) is 6.91. The van der Waals surface area contributed by atoms with E-state index >= 15 is 0 Å². The molecule has 7 heteroatoms. The fraction of sp³-hybridized carbons (Fsp3) is 0.429. The summed E-state index contributed by atoms with van der Waals surface area (Å²) in [5, 5.41) is 12.0. The number of nitrogens with zero attached hydrogens (tertiary/aromatic N) is 1. The summed E-state index contributed by atoms with van der Waals surface area (Å²) in [5.74, 6) is -1.62. The Morgan fingerprint density at radius 2 is 2.24 bits per heavy atom. The summed E-state index contributed by atoms with van der Waals surface area (Å²) in [6, 6.07) is 6.46. The molecule has 2 atom stereocenters. The molecule has 114 valence electrons. The molecular weight excluding hydrogens is 340 g/mol. The zero-order valence-electron chi connectivity index (χ0n) is 11.6. The van der Waals surface area contributed by atoms with Crippen molar-refractivity contribution < 1.29 is 19.4 Å². The van der Waals surface area contributed by atoms with Crippen LogP contribution >= 0.6 is 15.9 Å². The van der Waals surface area contributed by atoms with E-state index in [1.165, 1.54) is 4.90 Å². The van der Waals surface area contributed by atoms with E-state index in [9.17, 15) is 14.7 Å². The SMILES string of the molecule is CCN(C(=O)Nc1cccc(Br)c1)C1COCC1C(=O)O. The van der Waals surface area contributed by atoms with Gasteiger partial charge in [0.05, 0.1) is 19.3 Å². The van der Waals surface area contributed by atoms with Crippen LogP contribution in [-0.2, 0) is 9.53 Å². The van der Waals surface area contributed by atoms with Gasteiger partial charge in [0.2, 0.25) is 0 Å². The van der Waals surface area contributed by atoms with Gasteiger partial charge in [-0.2, -0.15) is 0 Å². The summed E-state index contributed by atoms with van der Waals surface area (Å²) in [6.45, 7) is 2.62. The van der Waals surface area contributed by atoms with Crippen LogP contribution in [0.15, 0.2) is 28.7 Å². The van der Waals surface area contributed by atoms with Crippen LogP contribution in [0.3, 0.4) is 0 Å². The fourth-order valence-electron chi connectivity index (χ4n) is 2.38. The Labute approximate surface area is 131 Å². The summed E-state index contributed by atoms with van der Waals surface area (Å²) >= 11 is 3.34. The first kappa shape index (κ1) is 15.8. The molecule has 0 bridgehead atoms. The Hall–Kier alpha value is -1.60.